The SMILES string of the molecule is CCNC(=NCc1ccccc1CN(C)C)NCCCC(C)C. The Labute approximate surface area is 142 Å². The number of benzene rings is 1. The molecule has 0 aliphatic carbocycles. The van der Waals surface area contributed by atoms with E-state index in [1.807, 2.05) is 0 Å². The summed E-state index contributed by atoms with van der Waals surface area (Å²) in [5, 5.41) is 6.76. The molecule has 0 saturated heterocycles. The van der Waals surface area contributed by atoms with Crippen LogP contribution in [0, 0.1) is 5.92 Å². The maximum Gasteiger partial charge on any atom is 0.191 e. The van der Waals surface area contributed by atoms with Crippen LogP contribution in [0.15, 0.2) is 29.3 Å². The van der Waals surface area contributed by atoms with E-state index in [0.717, 1.165) is 31.5 Å². The second-order valence-corrected chi connectivity index (χ2v) is 6.66. The van der Waals surface area contributed by atoms with Gasteiger partial charge in [-0.2, -0.15) is 0 Å². The summed E-state index contributed by atoms with van der Waals surface area (Å²) in [6, 6.07) is 8.55. The largest absolute Gasteiger partial charge is 0.357 e. The van der Waals surface area contributed by atoms with Gasteiger partial charge in [0.05, 0.1) is 6.54 Å². The molecular formula is C19H34N4. The van der Waals surface area contributed by atoms with E-state index >= 15 is 0 Å². The minimum Gasteiger partial charge on any atom is -0.357 e. The zero-order chi connectivity index (χ0) is 17.1. The van der Waals surface area contributed by atoms with Crippen LogP contribution in [0.25, 0.3) is 0 Å². The van der Waals surface area contributed by atoms with Gasteiger partial charge in [-0.15, -0.1) is 0 Å². The highest BCUT2D eigenvalue weighted by atomic mass is 15.2. The van der Waals surface area contributed by atoms with Crippen molar-refractivity contribution in [1.29, 1.82) is 0 Å². The minimum absolute atomic E-state index is 0.712. The summed E-state index contributed by atoms with van der Waals surface area (Å²) in [6.07, 6.45) is 2.43. The summed E-state index contributed by atoms with van der Waals surface area (Å²) in [5.41, 5.74) is 2.64. The third-order valence-corrected chi connectivity index (χ3v) is 3.61. The predicted molar refractivity (Wildman–Crippen MR) is 101 cm³/mol. The zero-order valence-corrected chi connectivity index (χ0v) is 15.5. The zero-order valence-electron chi connectivity index (χ0n) is 15.5. The van der Waals surface area contributed by atoms with Crippen LogP contribution in [0.4, 0.5) is 0 Å². The van der Waals surface area contributed by atoms with Crippen molar-refractivity contribution in [3.05, 3.63) is 35.4 Å². The molecule has 0 aliphatic heterocycles. The maximum absolute atomic E-state index is 4.74. The van der Waals surface area contributed by atoms with Gasteiger partial charge in [-0.1, -0.05) is 38.1 Å². The third-order valence-electron chi connectivity index (χ3n) is 3.61. The van der Waals surface area contributed by atoms with Crippen LogP contribution in [-0.4, -0.2) is 38.0 Å². The standard InChI is InChI=1S/C19H34N4/c1-6-20-19(21-13-9-10-16(2)3)22-14-17-11-7-8-12-18(17)15-23(4)5/h7-8,11-12,16H,6,9-10,13-15H2,1-5H3,(H2,20,21,22). The van der Waals surface area contributed by atoms with Crippen LogP contribution in [0.2, 0.25) is 0 Å². The van der Waals surface area contributed by atoms with Crippen LogP contribution in [0.3, 0.4) is 0 Å². The van der Waals surface area contributed by atoms with E-state index < -0.39 is 0 Å². The molecule has 23 heavy (non-hydrogen) atoms. The molecule has 0 heterocycles. The quantitative estimate of drug-likeness (QED) is 0.417. The van der Waals surface area contributed by atoms with Crippen LogP contribution in [0.1, 0.15) is 44.7 Å². The van der Waals surface area contributed by atoms with E-state index in [-0.39, 0.29) is 0 Å². The Hall–Kier alpha value is -1.55. The first-order valence-electron chi connectivity index (χ1n) is 8.76. The topological polar surface area (TPSA) is 39.7 Å². The van der Waals surface area contributed by atoms with Crippen LogP contribution in [-0.2, 0) is 13.1 Å². The molecule has 0 aliphatic rings. The molecule has 1 aromatic carbocycles. The van der Waals surface area contributed by atoms with Gasteiger partial charge in [0.25, 0.3) is 0 Å². The van der Waals surface area contributed by atoms with E-state index in [1.54, 1.807) is 0 Å². The summed E-state index contributed by atoms with van der Waals surface area (Å²) in [7, 11) is 4.20. The Morgan fingerprint density at radius 1 is 1.13 bits per heavy atom. The first-order chi connectivity index (χ1) is 11.0. The summed E-state index contributed by atoms with van der Waals surface area (Å²) in [5.74, 6) is 1.67. The number of rotatable bonds is 9. The van der Waals surface area contributed by atoms with Gasteiger partial charge in [0.2, 0.25) is 0 Å². The smallest absolute Gasteiger partial charge is 0.191 e. The first kappa shape index (κ1) is 19.5. The Balaban J connectivity index is 2.62. The van der Waals surface area contributed by atoms with E-state index in [9.17, 15) is 0 Å². The lowest BCUT2D eigenvalue weighted by Gasteiger charge is -2.15. The fraction of sp³-hybridized carbons (Fsp3) is 0.632. The van der Waals surface area contributed by atoms with E-state index in [0.29, 0.717) is 6.54 Å². The molecule has 1 aromatic rings. The summed E-state index contributed by atoms with van der Waals surface area (Å²) >= 11 is 0. The molecule has 0 atom stereocenters. The van der Waals surface area contributed by atoms with Gasteiger partial charge in [0.1, 0.15) is 0 Å². The van der Waals surface area contributed by atoms with Crippen LogP contribution < -0.4 is 10.6 Å². The molecule has 0 fully saturated rings. The summed E-state index contributed by atoms with van der Waals surface area (Å²) in [6.45, 7) is 10.2. The van der Waals surface area contributed by atoms with Crippen molar-refractivity contribution in [2.75, 3.05) is 27.2 Å². The van der Waals surface area contributed by atoms with Crippen molar-refractivity contribution in [3.8, 4) is 0 Å². The predicted octanol–water partition coefficient (Wildman–Crippen LogP) is 3.24. The number of nitrogens with zero attached hydrogens (tertiary/aromatic N) is 2. The Bertz CT molecular complexity index is 466. The molecule has 4 nitrogen and oxygen atoms in total. The molecule has 0 radical (unpaired) electrons. The van der Waals surface area contributed by atoms with Crippen molar-refractivity contribution in [3.63, 3.8) is 0 Å². The number of nitrogens with one attached hydrogen (secondary N) is 2. The van der Waals surface area contributed by atoms with E-state index in [1.165, 1.54) is 24.0 Å². The molecule has 130 valence electrons. The highest BCUT2D eigenvalue weighted by Crippen LogP contribution is 2.11. The average molecular weight is 319 g/mol. The normalized spacial score (nSPS) is 12.0. The van der Waals surface area contributed by atoms with Gasteiger partial charge >= 0.3 is 0 Å². The highest BCUT2D eigenvalue weighted by Gasteiger charge is 2.04. The van der Waals surface area contributed by atoms with E-state index in [2.05, 4.69) is 74.7 Å². The second-order valence-electron chi connectivity index (χ2n) is 6.66. The molecule has 0 aromatic heterocycles. The lowest BCUT2D eigenvalue weighted by Crippen LogP contribution is -2.37. The van der Waals surface area contributed by atoms with Crippen molar-refractivity contribution < 1.29 is 0 Å². The van der Waals surface area contributed by atoms with Crippen molar-refractivity contribution in [1.82, 2.24) is 15.5 Å². The molecule has 0 spiro atoms. The van der Waals surface area contributed by atoms with Gasteiger partial charge in [0.15, 0.2) is 5.96 Å². The number of hydrogen-bond acceptors (Lipinski definition) is 2. The van der Waals surface area contributed by atoms with Gasteiger partial charge in [0, 0.05) is 19.6 Å². The first-order valence-corrected chi connectivity index (χ1v) is 8.76. The number of hydrogen-bond donors (Lipinski definition) is 2. The van der Waals surface area contributed by atoms with Crippen LogP contribution in [0.5, 0.6) is 0 Å². The fourth-order valence-electron chi connectivity index (χ4n) is 2.43. The molecule has 0 unspecified atom stereocenters. The number of guanidine groups is 1. The van der Waals surface area contributed by atoms with Gasteiger partial charge < -0.3 is 15.5 Å². The highest BCUT2D eigenvalue weighted by molar-refractivity contribution is 5.79. The Kier molecular flexibility index (Phi) is 9.37. The molecule has 4 heteroatoms. The van der Waals surface area contributed by atoms with Crippen molar-refractivity contribution >= 4 is 5.96 Å². The number of aliphatic imine (C=N–C) groups is 1. The Morgan fingerprint density at radius 3 is 2.43 bits per heavy atom. The maximum atomic E-state index is 4.74. The lowest BCUT2D eigenvalue weighted by molar-refractivity contribution is 0.401. The summed E-state index contributed by atoms with van der Waals surface area (Å²) < 4.78 is 0. The van der Waals surface area contributed by atoms with Gasteiger partial charge in [-0.25, -0.2) is 4.99 Å². The van der Waals surface area contributed by atoms with Crippen LogP contribution >= 0.6 is 0 Å². The molecule has 0 bridgehead atoms. The van der Waals surface area contributed by atoms with E-state index in [4.69, 9.17) is 4.99 Å². The second kappa shape index (κ2) is 11.1. The summed E-state index contributed by atoms with van der Waals surface area (Å²) in [4.78, 5) is 6.94. The average Bonchev–Trinajstić information content (AvgIpc) is 2.49. The van der Waals surface area contributed by atoms with Gasteiger partial charge in [-0.05, 0) is 50.9 Å². The van der Waals surface area contributed by atoms with Crippen molar-refractivity contribution in [2.45, 2.75) is 46.7 Å². The molecule has 2 N–H and O–H groups in total. The minimum atomic E-state index is 0.712. The monoisotopic (exact) mass is 318 g/mol. The van der Waals surface area contributed by atoms with Gasteiger partial charge in [-0.3, -0.25) is 0 Å². The molecular weight excluding hydrogens is 284 g/mol. The lowest BCUT2D eigenvalue weighted by atomic mass is 10.1. The molecule has 0 amide bonds. The fourth-order valence-corrected chi connectivity index (χ4v) is 2.43. The van der Waals surface area contributed by atoms with Crippen molar-refractivity contribution in [2.24, 2.45) is 10.9 Å². The molecule has 0 saturated carbocycles. The molecule has 1 rings (SSSR count). The third kappa shape index (κ3) is 8.60. The Morgan fingerprint density at radius 2 is 1.83 bits per heavy atom.